The Kier molecular flexibility index (Phi) is 5.97. The maximum Gasteiger partial charge on any atom is 0.274 e. The van der Waals surface area contributed by atoms with Crippen LogP contribution >= 0.6 is 0 Å². The molecule has 6 heteroatoms. The molecule has 5 rings (SSSR count). The zero-order valence-corrected chi connectivity index (χ0v) is 18.7. The van der Waals surface area contributed by atoms with Gasteiger partial charge in [-0.15, -0.1) is 0 Å². The number of nitrogens with zero attached hydrogens (tertiary/aromatic N) is 2. The SMILES string of the molecule is COc1ccc(C(=O)N2N=C3/C(=C\c4ccc(F)cc4)CCC[C@@H]3[C@H]2c2ccc(F)cc2)cc1. The minimum absolute atomic E-state index is 0.00638. The van der Waals surface area contributed by atoms with E-state index in [1.54, 1.807) is 60.6 Å². The molecular formula is C28H24F2N2O2. The van der Waals surface area contributed by atoms with E-state index in [0.717, 1.165) is 41.7 Å². The van der Waals surface area contributed by atoms with Crippen LogP contribution in [0.25, 0.3) is 6.08 Å². The molecule has 3 aromatic carbocycles. The maximum atomic E-state index is 13.7. The van der Waals surface area contributed by atoms with Crippen molar-refractivity contribution in [3.63, 3.8) is 0 Å². The predicted molar refractivity (Wildman–Crippen MR) is 127 cm³/mol. The Hall–Kier alpha value is -3.80. The number of carbonyl (C=O) groups is 1. The van der Waals surface area contributed by atoms with Gasteiger partial charge < -0.3 is 4.74 Å². The van der Waals surface area contributed by atoms with Crippen LogP contribution in [0.5, 0.6) is 5.75 Å². The highest BCUT2D eigenvalue weighted by Gasteiger charge is 2.43. The Labute approximate surface area is 197 Å². The highest BCUT2D eigenvalue weighted by atomic mass is 19.1. The number of benzene rings is 3. The van der Waals surface area contributed by atoms with E-state index in [-0.39, 0.29) is 29.5 Å². The van der Waals surface area contributed by atoms with Crippen LogP contribution in [0, 0.1) is 17.6 Å². The number of halogens is 2. The number of hydrazone groups is 1. The predicted octanol–water partition coefficient (Wildman–Crippen LogP) is 6.41. The summed E-state index contributed by atoms with van der Waals surface area (Å²) in [6.07, 6.45) is 4.66. The molecular weight excluding hydrogens is 434 g/mol. The molecule has 1 fully saturated rings. The monoisotopic (exact) mass is 458 g/mol. The molecule has 3 aromatic rings. The number of ether oxygens (including phenoxy) is 1. The molecule has 4 nitrogen and oxygen atoms in total. The van der Waals surface area contributed by atoms with E-state index < -0.39 is 0 Å². The van der Waals surface area contributed by atoms with Crippen LogP contribution in [-0.4, -0.2) is 23.7 Å². The highest BCUT2D eigenvalue weighted by molar-refractivity contribution is 6.09. The van der Waals surface area contributed by atoms with Crippen LogP contribution in [0.4, 0.5) is 8.78 Å². The molecule has 1 aliphatic carbocycles. The van der Waals surface area contributed by atoms with E-state index in [1.807, 2.05) is 6.08 Å². The summed E-state index contributed by atoms with van der Waals surface area (Å²) < 4.78 is 32.3. The summed E-state index contributed by atoms with van der Waals surface area (Å²) in [5, 5.41) is 6.38. The number of methoxy groups -OCH3 is 1. The van der Waals surface area contributed by atoms with Crippen LogP contribution in [0.2, 0.25) is 0 Å². The smallest absolute Gasteiger partial charge is 0.274 e. The second kappa shape index (κ2) is 9.21. The molecule has 0 saturated heterocycles. The molecule has 0 radical (unpaired) electrons. The first-order chi connectivity index (χ1) is 16.5. The molecule has 34 heavy (non-hydrogen) atoms. The minimum Gasteiger partial charge on any atom is -0.497 e. The van der Waals surface area contributed by atoms with Gasteiger partial charge in [-0.1, -0.05) is 24.3 Å². The first-order valence-electron chi connectivity index (χ1n) is 11.3. The van der Waals surface area contributed by atoms with Gasteiger partial charge in [0.15, 0.2) is 0 Å². The van der Waals surface area contributed by atoms with Gasteiger partial charge >= 0.3 is 0 Å². The lowest BCUT2D eigenvalue weighted by Crippen LogP contribution is -2.31. The third-order valence-electron chi connectivity index (χ3n) is 6.47. The van der Waals surface area contributed by atoms with Crippen molar-refractivity contribution in [1.29, 1.82) is 0 Å². The zero-order chi connectivity index (χ0) is 23.7. The quantitative estimate of drug-likeness (QED) is 0.453. The van der Waals surface area contributed by atoms with Crippen molar-refractivity contribution in [2.45, 2.75) is 25.3 Å². The van der Waals surface area contributed by atoms with E-state index in [4.69, 9.17) is 9.84 Å². The normalized spacial score (nSPS) is 20.7. The van der Waals surface area contributed by atoms with Gasteiger partial charge in [0, 0.05) is 11.5 Å². The molecule has 1 amide bonds. The highest BCUT2D eigenvalue weighted by Crippen LogP contribution is 2.45. The Bertz CT molecular complexity index is 1250. The largest absolute Gasteiger partial charge is 0.497 e. The van der Waals surface area contributed by atoms with E-state index in [9.17, 15) is 13.6 Å². The number of carbonyl (C=O) groups excluding carboxylic acids is 1. The third-order valence-corrected chi connectivity index (χ3v) is 6.47. The number of hydrogen-bond acceptors (Lipinski definition) is 3. The lowest BCUT2D eigenvalue weighted by atomic mass is 9.77. The second-order valence-electron chi connectivity index (χ2n) is 8.58. The van der Waals surface area contributed by atoms with Gasteiger partial charge in [0.1, 0.15) is 17.4 Å². The summed E-state index contributed by atoms with van der Waals surface area (Å²) in [5.41, 5.74) is 4.14. The van der Waals surface area contributed by atoms with Crippen LogP contribution in [-0.2, 0) is 0 Å². The van der Waals surface area contributed by atoms with Crippen LogP contribution < -0.4 is 4.74 Å². The number of fused-ring (bicyclic) bond motifs is 1. The standard InChI is InChI=1S/C28H24F2N2O2/c1-34-24-15-9-20(10-16-24)28(33)32-27(19-7-13-23(30)14-8-19)25-4-2-3-21(26(25)31-32)17-18-5-11-22(29)12-6-18/h5-17,25,27H,2-4H2,1H3/b21-17-/t25-,27+/m0/s1. The third kappa shape index (κ3) is 4.23. The Morgan fingerprint density at radius 3 is 2.26 bits per heavy atom. The van der Waals surface area contributed by atoms with E-state index >= 15 is 0 Å². The minimum atomic E-state index is -0.331. The fourth-order valence-electron chi connectivity index (χ4n) is 4.79. The molecule has 0 N–H and O–H groups in total. The molecule has 1 saturated carbocycles. The molecule has 0 unspecified atom stereocenters. The van der Waals surface area contributed by atoms with E-state index in [1.165, 1.54) is 24.3 Å². The van der Waals surface area contributed by atoms with E-state index in [2.05, 4.69) is 0 Å². The van der Waals surface area contributed by atoms with Crippen molar-refractivity contribution in [3.8, 4) is 5.75 Å². The molecule has 1 aliphatic heterocycles. The summed E-state index contributed by atoms with van der Waals surface area (Å²) in [5.74, 6) is -0.170. The van der Waals surface area contributed by atoms with Gasteiger partial charge in [-0.25, -0.2) is 13.8 Å². The van der Waals surface area contributed by atoms with Crippen LogP contribution in [0.15, 0.2) is 83.5 Å². The molecule has 172 valence electrons. The average Bonchev–Trinajstić information content (AvgIpc) is 3.26. The molecule has 0 aromatic heterocycles. The number of hydrogen-bond donors (Lipinski definition) is 0. The second-order valence-corrected chi connectivity index (χ2v) is 8.58. The summed E-state index contributed by atoms with van der Waals surface area (Å²) in [7, 11) is 1.58. The van der Waals surface area contributed by atoms with E-state index in [0.29, 0.717) is 11.3 Å². The Morgan fingerprint density at radius 1 is 0.971 bits per heavy atom. The summed E-state index contributed by atoms with van der Waals surface area (Å²) in [6, 6.07) is 19.2. The van der Waals surface area contributed by atoms with Crippen molar-refractivity contribution < 1.29 is 18.3 Å². The van der Waals surface area contributed by atoms with Crippen LogP contribution in [0.1, 0.15) is 46.8 Å². The van der Waals surface area contributed by atoms with Crippen molar-refractivity contribution in [2.75, 3.05) is 7.11 Å². The lowest BCUT2D eigenvalue weighted by Gasteiger charge is -2.29. The lowest BCUT2D eigenvalue weighted by molar-refractivity contribution is 0.0681. The average molecular weight is 459 g/mol. The molecule has 1 heterocycles. The number of amides is 1. The number of allylic oxidation sites excluding steroid dienone is 1. The van der Waals surface area contributed by atoms with Gasteiger partial charge in [0.2, 0.25) is 0 Å². The fraction of sp³-hybridized carbons (Fsp3) is 0.214. The summed E-state index contributed by atoms with van der Waals surface area (Å²) >= 11 is 0. The zero-order valence-electron chi connectivity index (χ0n) is 18.7. The van der Waals surface area contributed by atoms with Gasteiger partial charge in [-0.2, -0.15) is 5.10 Å². The fourth-order valence-corrected chi connectivity index (χ4v) is 4.79. The molecule has 2 aliphatic rings. The first-order valence-corrected chi connectivity index (χ1v) is 11.3. The molecule has 0 spiro atoms. The van der Waals surface area contributed by atoms with Gasteiger partial charge in [-0.3, -0.25) is 4.79 Å². The summed E-state index contributed by atoms with van der Waals surface area (Å²) in [6.45, 7) is 0. The number of rotatable bonds is 4. The Morgan fingerprint density at radius 2 is 1.62 bits per heavy atom. The molecule has 0 bridgehead atoms. The maximum absolute atomic E-state index is 13.7. The van der Waals surface area contributed by atoms with Gasteiger partial charge in [0.05, 0.1) is 18.9 Å². The van der Waals surface area contributed by atoms with Crippen molar-refractivity contribution in [1.82, 2.24) is 5.01 Å². The van der Waals surface area contributed by atoms with Crippen molar-refractivity contribution >= 4 is 17.7 Å². The van der Waals surface area contributed by atoms with Gasteiger partial charge in [-0.05, 0) is 90.6 Å². The molecule has 2 atom stereocenters. The van der Waals surface area contributed by atoms with Crippen LogP contribution in [0.3, 0.4) is 0 Å². The first kappa shape index (κ1) is 22.0. The van der Waals surface area contributed by atoms with Gasteiger partial charge in [0.25, 0.3) is 5.91 Å². The topological polar surface area (TPSA) is 41.9 Å². The summed E-state index contributed by atoms with van der Waals surface area (Å²) in [4.78, 5) is 13.6. The Balaban J connectivity index is 1.56. The van der Waals surface area contributed by atoms with Crippen molar-refractivity contribution in [3.05, 3.63) is 107 Å². The van der Waals surface area contributed by atoms with Crippen molar-refractivity contribution in [2.24, 2.45) is 11.0 Å².